The second-order valence-electron chi connectivity index (χ2n) is 3.19. The van der Waals surface area contributed by atoms with Crippen molar-refractivity contribution in [2.45, 2.75) is 19.1 Å². The Bertz CT molecular complexity index is 332. The molecule has 1 aromatic rings. The summed E-state index contributed by atoms with van der Waals surface area (Å²) in [4.78, 5) is 4.09. The van der Waals surface area contributed by atoms with Crippen LogP contribution in [0.3, 0.4) is 0 Å². The molecule has 0 saturated carbocycles. The van der Waals surface area contributed by atoms with E-state index in [1.807, 2.05) is 0 Å². The quantitative estimate of drug-likeness (QED) is 0.760. The van der Waals surface area contributed by atoms with Crippen molar-refractivity contribution in [2.75, 3.05) is 13.0 Å². The first-order valence-corrected chi connectivity index (χ1v) is 5.07. The van der Waals surface area contributed by atoms with Crippen LogP contribution in [0.2, 0.25) is 0 Å². The summed E-state index contributed by atoms with van der Waals surface area (Å²) in [7, 11) is 1.52. The van der Waals surface area contributed by atoms with Crippen LogP contribution < -0.4 is 4.74 Å². The summed E-state index contributed by atoms with van der Waals surface area (Å²) in [6.07, 6.45) is -2.00. The van der Waals surface area contributed by atoms with Crippen LogP contribution in [0.1, 0.15) is 17.4 Å². The number of pyridine rings is 1. The van der Waals surface area contributed by atoms with Gasteiger partial charge in [0.1, 0.15) is 6.10 Å². The Labute approximate surface area is 93.5 Å². The van der Waals surface area contributed by atoms with Gasteiger partial charge in [-0.1, -0.05) is 0 Å². The smallest absolute Gasteiger partial charge is 0.213 e. The fourth-order valence-corrected chi connectivity index (χ4v) is 1.44. The molecule has 1 aromatic heterocycles. The summed E-state index contributed by atoms with van der Waals surface area (Å²) in [5.41, 5.74) is 1.18. The fraction of sp³-hybridized carbons (Fsp3) is 0.500. The number of hydrogen-bond acceptors (Lipinski definition) is 4. The third-order valence-electron chi connectivity index (χ3n) is 2.15. The van der Waals surface area contributed by atoms with E-state index in [2.05, 4.69) is 4.98 Å². The van der Waals surface area contributed by atoms with Gasteiger partial charge in [0.2, 0.25) is 5.88 Å². The van der Waals surface area contributed by atoms with E-state index < -0.39 is 12.2 Å². The lowest BCUT2D eigenvalue weighted by Crippen LogP contribution is -2.20. The minimum atomic E-state index is -1.01. The molecule has 2 unspecified atom stereocenters. The van der Waals surface area contributed by atoms with Gasteiger partial charge in [0, 0.05) is 17.3 Å². The first-order valence-electron chi connectivity index (χ1n) is 4.53. The van der Waals surface area contributed by atoms with Crippen LogP contribution in [0.5, 0.6) is 5.88 Å². The van der Waals surface area contributed by atoms with E-state index in [1.54, 1.807) is 19.1 Å². The molecule has 2 atom stereocenters. The molecule has 2 N–H and O–H groups in total. The number of ether oxygens (including phenoxy) is 1. The van der Waals surface area contributed by atoms with Gasteiger partial charge in [-0.15, -0.1) is 11.6 Å². The minimum absolute atomic E-state index is 0.0212. The number of aliphatic hydroxyl groups excluding tert-OH is 2. The van der Waals surface area contributed by atoms with Crippen molar-refractivity contribution in [3.05, 3.63) is 23.4 Å². The van der Waals surface area contributed by atoms with Crippen molar-refractivity contribution in [3.8, 4) is 5.88 Å². The highest BCUT2D eigenvalue weighted by Gasteiger charge is 2.19. The van der Waals surface area contributed by atoms with E-state index in [0.29, 0.717) is 17.1 Å². The van der Waals surface area contributed by atoms with Gasteiger partial charge in [-0.3, -0.25) is 0 Å². The Morgan fingerprint density at radius 3 is 2.60 bits per heavy atom. The SMILES string of the molecule is COc1ccc(C(O)C(O)CCl)c(C)n1. The van der Waals surface area contributed by atoms with Crippen LogP contribution in [0.4, 0.5) is 0 Å². The van der Waals surface area contributed by atoms with Gasteiger partial charge in [-0.2, -0.15) is 0 Å². The number of aromatic nitrogens is 1. The van der Waals surface area contributed by atoms with Crippen LogP contribution in [-0.2, 0) is 0 Å². The van der Waals surface area contributed by atoms with Crippen LogP contribution in [0.15, 0.2) is 12.1 Å². The molecule has 84 valence electrons. The predicted octanol–water partition coefficient (Wildman–Crippen LogP) is 1.03. The van der Waals surface area contributed by atoms with Crippen molar-refractivity contribution in [1.29, 1.82) is 0 Å². The number of hydrogen-bond donors (Lipinski definition) is 2. The molecule has 1 heterocycles. The molecular weight excluding hydrogens is 218 g/mol. The van der Waals surface area contributed by atoms with E-state index >= 15 is 0 Å². The molecule has 0 spiro atoms. The van der Waals surface area contributed by atoms with Crippen LogP contribution in [0.25, 0.3) is 0 Å². The summed E-state index contributed by atoms with van der Waals surface area (Å²) in [6, 6.07) is 3.30. The standard InChI is InChI=1S/C10H14ClNO3/c1-6-7(10(14)8(13)5-11)3-4-9(12-6)15-2/h3-4,8,10,13-14H,5H2,1-2H3. The second kappa shape index (κ2) is 5.30. The Morgan fingerprint density at radius 1 is 1.47 bits per heavy atom. The zero-order valence-electron chi connectivity index (χ0n) is 8.64. The van der Waals surface area contributed by atoms with Crippen molar-refractivity contribution < 1.29 is 14.9 Å². The maximum atomic E-state index is 9.72. The van der Waals surface area contributed by atoms with Gasteiger partial charge in [0.25, 0.3) is 0 Å². The molecule has 0 fully saturated rings. The second-order valence-corrected chi connectivity index (χ2v) is 3.50. The van der Waals surface area contributed by atoms with E-state index in [9.17, 15) is 10.2 Å². The maximum Gasteiger partial charge on any atom is 0.213 e. The van der Waals surface area contributed by atoms with Gasteiger partial charge in [0.15, 0.2) is 0 Å². The predicted molar refractivity (Wildman–Crippen MR) is 57.2 cm³/mol. The van der Waals surface area contributed by atoms with Gasteiger partial charge in [-0.25, -0.2) is 4.98 Å². The normalized spacial score (nSPS) is 14.7. The average molecular weight is 232 g/mol. The highest BCUT2D eigenvalue weighted by atomic mass is 35.5. The minimum Gasteiger partial charge on any atom is -0.481 e. The molecule has 0 aromatic carbocycles. The summed E-state index contributed by atoms with van der Waals surface area (Å²) < 4.78 is 4.94. The number of aryl methyl sites for hydroxylation is 1. The largest absolute Gasteiger partial charge is 0.481 e. The third-order valence-corrected chi connectivity index (χ3v) is 2.47. The molecule has 0 aliphatic heterocycles. The highest BCUT2D eigenvalue weighted by molar-refractivity contribution is 6.18. The molecule has 0 aliphatic rings. The Kier molecular flexibility index (Phi) is 4.32. The zero-order chi connectivity index (χ0) is 11.4. The van der Waals surface area contributed by atoms with E-state index in [4.69, 9.17) is 16.3 Å². The Morgan fingerprint density at radius 2 is 2.13 bits per heavy atom. The number of methoxy groups -OCH3 is 1. The zero-order valence-corrected chi connectivity index (χ0v) is 9.40. The number of aliphatic hydroxyl groups is 2. The molecule has 5 heteroatoms. The molecule has 0 amide bonds. The van der Waals surface area contributed by atoms with Crippen molar-refractivity contribution in [1.82, 2.24) is 4.98 Å². The molecule has 1 rings (SSSR count). The summed E-state index contributed by atoms with van der Waals surface area (Å²) >= 11 is 5.45. The Hall–Kier alpha value is -0.840. The van der Waals surface area contributed by atoms with E-state index in [-0.39, 0.29) is 5.88 Å². The van der Waals surface area contributed by atoms with Crippen LogP contribution in [0, 0.1) is 6.92 Å². The first-order chi connectivity index (χ1) is 7.10. The van der Waals surface area contributed by atoms with E-state index in [1.165, 1.54) is 7.11 Å². The number of nitrogens with zero attached hydrogens (tertiary/aromatic N) is 1. The molecule has 15 heavy (non-hydrogen) atoms. The molecule has 4 nitrogen and oxygen atoms in total. The van der Waals surface area contributed by atoms with Gasteiger partial charge in [-0.05, 0) is 13.0 Å². The van der Waals surface area contributed by atoms with Crippen LogP contribution >= 0.6 is 11.6 Å². The van der Waals surface area contributed by atoms with Crippen molar-refractivity contribution in [3.63, 3.8) is 0 Å². The summed E-state index contributed by atoms with van der Waals surface area (Å²) in [5, 5.41) is 19.1. The van der Waals surface area contributed by atoms with Crippen molar-refractivity contribution >= 4 is 11.6 Å². The van der Waals surface area contributed by atoms with Gasteiger partial charge >= 0.3 is 0 Å². The fourth-order valence-electron chi connectivity index (χ4n) is 1.27. The molecule has 0 bridgehead atoms. The van der Waals surface area contributed by atoms with E-state index in [0.717, 1.165) is 0 Å². The summed E-state index contributed by atoms with van der Waals surface area (Å²) in [5.74, 6) is 0.455. The van der Waals surface area contributed by atoms with Crippen LogP contribution in [-0.4, -0.2) is 34.3 Å². The van der Waals surface area contributed by atoms with Gasteiger partial charge in [0.05, 0.1) is 19.1 Å². The monoisotopic (exact) mass is 231 g/mol. The summed E-state index contributed by atoms with van der Waals surface area (Å²) in [6.45, 7) is 1.74. The van der Waals surface area contributed by atoms with Crippen molar-refractivity contribution in [2.24, 2.45) is 0 Å². The molecule has 0 saturated heterocycles. The van der Waals surface area contributed by atoms with Gasteiger partial charge < -0.3 is 14.9 Å². The first kappa shape index (κ1) is 12.2. The molecule has 0 radical (unpaired) electrons. The number of halogens is 1. The lowest BCUT2D eigenvalue weighted by Gasteiger charge is -2.17. The lowest BCUT2D eigenvalue weighted by molar-refractivity contribution is 0.0320. The lowest BCUT2D eigenvalue weighted by atomic mass is 10.0. The average Bonchev–Trinajstić information content (AvgIpc) is 2.26. The third kappa shape index (κ3) is 2.81. The molecule has 0 aliphatic carbocycles. The number of rotatable bonds is 4. The molecular formula is C10H14ClNO3. The maximum absolute atomic E-state index is 9.72. The Balaban J connectivity index is 2.95. The number of alkyl halides is 1. The highest BCUT2D eigenvalue weighted by Crippen LogP contribution is 2.22. The topological polar surface area (TPSA) is 62.6 Å².